The minimum atomic E-state index is -1.55. The number of aryl methyl sites for hydroxylation is 2. The summed E-state index contributed by atoms with van der Waals surface area (Å²) in [6.45, 7) is 3.53. The van der Waals surface area contributed by atoms with Crippen LogP contribution in [0, 0.1) is 30.2 Å². The van der Waals surface area contributed by atoms with Crippen LogP contribution in [0.15, 0.2) is 24.3 Å². The van der Waals surface area contributed by atoms with E-state index in [1.54, 1.807) is 13.0 Å². The van der Waals surface area contributed by atoms with Gasteiger partial charge in [-0.3, -0.25) is 0 Å². The standard InChI is InChI=1S/C15H12F4.2CH4/c1-3-9-4-8(2)14(11(16)5-9)10-6-12(17)15(19)13(18)7-10;;/h4-7H,3H2,1-2H3;2*1H4. The van der Waals surface area contributed by atoms with Crippen molar-refractivity contribution in [2.24, 2.45) is 0 Å². The van der Waals surface area contributed by atoms with Gasteiger partial charge in [-0.1, -0.05) is 27.8 Å². The maximum atomic E-state index is 14.0. The van der Waals surface area contributed by atoms with E-state index >= 15 is 0 Å². The first-order valence-corrected chi connectivity index (χ1v) is 5.88. The molecule has 2 rings (SSSR count). The first-order valence-electron chi connectivity index (χ1n) is 5.88. The third-order valence-corrected chi connectivity index (χ3v) is 3.03. The molecule has 0 saturated heterocycles. The minimum Gasteiger partial charge on any atom is -0.206 e. The lowest BCUT2D eigenvalue weighted by molar-refractivity contribution is 0.447. The molecular formula is C17H20F4. The summed E-state index contributed by atoms with van der Waals surface area (Å²) in [5.41, 5.74) is 1.44. The Hall–Kier alpha value is -1.84. The van der Waals surface area contributed by atoms with Crippen molar-refractivity contribution in [2.45, 2.75) is 35.1 Å². The molecule has 4 heteroatoms. The molecule has 0 aliphatic heterocycles. The Labute approximate surface area is 123 Å². The smallest absolute Gasteiger partial charge is 0.194 e. The molecule has 0 aliphatic carbocycles. The zero-order chi connectivity index (χ0) is 14.2. The average molecular weight is 300 g/mol. The summed E-state index contributed by atoms with van der Waals surface area (Å²) < 4.78 is 53.3. The van der Waals surface area contributed by atoms with Gasteiger partial charge in [-0.05, 0) is 48.2 Å². The van der Waals surface area contributed by atoms with Gasteiger partial charge in [0.1, 0.15) is 5.82 Å². The summed E-state index contributed by atoms with van der Waals surface area (Å²) in [6, 6.07) is 4.67. The number of rotatable bonds is 2. The van der Waals surface area contributed by atoms with Crippen molar-refractivity contribution < 1.29 is 17.6 Å². The summed E-state index contributed by atoms with van der Waals surface area (Å²) in [4.78, 5) is 0. The summed E-state index contributed by atoms with van der Waals surface area (Å²) in [7, 11) is 0. The normalized spacial score (nSPS) is 9.81. The van der Waals surface area contributed by atoms with Crippen molar-refractivity contribution in [3.05, 3.63) is 58.7 Å². The third-order valence-electron chi connectivity index (χ3n) is 3.03. The van der Waals surface area contributed by atoms with E-state index < -0.39 is 23.3 Å². The fourth-order valence-corrected chi connectivity index (χ4v) is 2.08. The highest BCUT2D eigenvalue weighted by Gasteiger charge is 2.16. The lowest BCUT2D eigenvalue weighted by Crippen LogP contribution is -1.97. The van der Waals surface area contributed by atoms with Gasteiger partial charge in [-0.25, -0.2) is 17.6 Å². The molecule has 21 heavy (non-hydrogen) atoms. The van der Waals surface area contributed by atoms with Crippen LogP contribution in [-0.2, 0) is 6.42 Å². The van der Waals surface area contributed by atoms with E-state index in [0.29, 0.717) is 12.0 Å². The van der Waals surface area contributed by atoms with Gasteiger partial charge in [-0.15, -0.1) is 0 Å². The van der Waals surface area contributed by atoms with Crippen molar-refractivity contribution in [3.63, 3.8) is 0 Å². The monoisotopic (exact) mass is 300 g/mol. The largest absolute Gasteiger partial charge is 0.206 e. The van der Waals surface area contributed by atoms with Crippen LogP contribution in [0.1, 0.15) is 32.9 Å². The molecular weight excluding hydrogens is 280 g/mol. The van der Waals surface area contributed by atoms with Gasteiger partial charge in [0.05, 0.1) is 0 Å². The van der Waals surface area contributed by atoms with Crippen molar-refractivity contribution in [2.75, 3.05) is 0 Å². The topological polar surface area (TPSA) is 0 Å². The van der Waals surface area contributed by atoms with Crippen LogP contribution in [0.4, 0.5) is 17.6 Å². The molecule has 0 radical (unpaired) electrons. The number of benzene rings is 2. The molecule has 0 atom stereocenters. The van der Waals surface area contributed by atoms with Gasteiger partial charge >= 0.3 is 0 Å². The minimum absolute atomic E-state index is 0. The predicted octanol–water partition coefficient (Wildman–Crippen LogP) is 6.05. The summed E-state index contributed by atoms with van der Waals surface area (Å²) in [5, 5.41) is 0. The van der Waals surface area contributed by atoms with Crippen LogP contribution < -0.4 is 0 Å². The molecule has 0 spiro atoms. The second-order valence-electron chi connectivity index (χ2n) is 4.38. The van der Waals surface area contributed by atoms with Gasteiger partial charge in [-0.2, -0.15) is 0 Å². The van der Waals surface area contributed by atoms with E-state index in [-0.39, 0.29) is 26.0 Å². The van der Waals surface area contributed by atoms with E-state index in [1.807, 2.05) is 6.92 Å². The molecule has 0 heterocycles. The zero-order valence-corrected chi connectivity index (χ0v) is 10.5. The lowest BCUT2D eigenvalue weighted by atomic mass is 9.96. The molecule has 0 aromatic heterocycles. The Morgan fingerprint density at radius 3 is 1.76 bits per heavy atom. The first kappa shape index (κ1) is 19.2. The van der Waals surface area contributed by atoms with Crippen molar-refractivity contribution in [1.82, 2.24) is 0 Å². The van der Waals surface area contributed by atoms with Crippen molar-refractivity contribution in [3.8, 4) is 11.1 Å². The SMILES string of the molecule is C.C.CCc1cc(C)c(-c2cc(F)c(F)c(F)c2)c(F)c1. The number of halogens is 4. The highest BCUT2D eigenvalue weighted by Crippen LogP contribution is 2.30. The van der Waals surface area contributed by atoms with E-state index in [4.69, 9.17) is 0 Å². The van der Waals surface area contributed by atoms with Gasteiger partial charge < -0.3 is 0 Å². The van der Waals surface area contributed by atoms with Crippen molar-refractivity contribution >= 4 is 0 Å². The highest BCUT2D eigenvalue weighted by atomic mass is 19.2. The van der Waals surface area contributed by atoms with Gasteiger partial charge in [0, 0.05) is 5.56 Å². The Morgan fingerprint density at radius 2 is 1.33 bits per heavy atom. The van der Waals surface area contributed by atoms with Gasteiger partial charge in [0.15, 0.2) is 17.5 Å². The van der Waals surface area contributed by atoms with Crippen LogP contribution in [-0.4, -0.2) is 0 Å². The van der Waals surface area contributed by atoms with E-state index in [1.165, 1.54) is 6.07 Å². The van der Waals surface area contributed by atoms with E-state index in [9.17, 15) is 17.6 Å². The van der Waals surface area contributed by atoms with Gasteiger partial charge in [0.2, 0.25) is 0 Å². The molecule has 0 nitrogen and oxygen atoms in total. The molecule has 0 amide bonds. The van der Waals surface area contributed by atoms with Crippen LogP contribution in [0.2, 0.25) is 0 Å². The Kier molecular flexibility index (Phi) is 6.61. The summed E-state index contributed by atoms with van der Waals surface area (Å²) >= 11 is 0. The summed E-state index contributed by atoms with van der Waals surface area (Å²) in [5.74, 6) is -4.77. The molecule has 0 unspecified atom stereocenters. The maximum Gasteiger partial charge on any atom is 0.194 e. The fourth-order valence-electron chi connectivity index (χ4n) is 2.08. The molecule has 0 N–H and O–H groups in total. The van der Waals surface area contributed by atoms with Gasteiger partial charge in [0.25, 0.3) is 0 Å². The molecule has 2 aromatic carbocycles. The summed E-state index contributed by atoms with van der Waals surface area (Å²) in [6.07, 6.45) is 0.657. The molecule has 0 bridgehead atoms. The van der Waals surface area contributed by atoms with Crippen LogP contribution in [0.3, 0.4) is 0 Å². The van der Waals surface area contributed by atoms with Crippen LogP contribution >= 0.6 is 0 Å². The Bertz CT molecular complexity index is 587. The molecule has 0 saturated carbocycles. The van der Waals surface area contributed by atoms with E-state index in [2.05, 4.69) is 0 Å². The molecule has 0 aliphatic rings. The predicted molar refractivity (Wildman–Crippen MR) is 79.3 cm³/mol. The number of hydrogen-bond acceptors (Lipinski definition) is 0. The lowest BCUT2D eigenvalue weighted by Gasteiger charge is -2.10. The second kappa shape index (κ2) is 7.25. The zero-order valence-electron chi connectivity index (χ0n) is 10.5. The maximum absolute atomic E-state index is 14.0. The van der Waals surface area contributed by atoms with Crippen LogP contribution in [0.5, 0.6) is 0 Å². The van der Waals surface area contributed by atoms with Crippen LogP contribution in [0.25, 0.3) is 11.1 Å². The average Bonchev–Trinajstić information content (AvgIpc) is 2.34. The van der Waals surface area contributed by atoms with E-state index in [0.717, 1.165) is 17.7 Å². The molecule has 0 fully saturated rings. The first-order chi connectivity index (χ1) is 8.93. The second-order valence-corrected chi connectivity index (χ2v) is 4.38. The fraction of sp³-hybridized carbons (Fsp3) is 0.294. The number of hydrogen-bond donors (Lipinski definition) is 0. The third kappa shape index (κ3) is 3.63. The van der Waals surface area contributed by atoms with Crippen molar-refractivity contribution in [1.29, 1.82) is 0 Å². The highest BCUT2D eigenvalue weighted by molar-refractivity contribution is 5.68. The Balaban J connectivity index is 0.00000200. The molecule has 116 valence electrons. The molecule has 2 aromatic rings. The Morgan fingerprint density at radius 1 is 0.810 bits per heavy atom. The quantitative estimate of drug-likeness (QED) is 0.467.